The van der Waals surface area contributed by atoms with E-state index < -0.39 is 13.0 Å². The molecule has 0 aliphatic rings. The molecule has 1 atom stereocenters. The van der Waals surface area contributed by atoms with Crippen molar-refractivity contribution >= 4 is 5.82 Å². The molecule has 4 nitrogen and oxygen atoms in total. The standard InChI is InChI=1S/C11H17F2N3O/c1-8(14)9-3-2-4-15-11(9)16(5-6-17)7-10(12)13/h2-4,8,10,17H,5-7,14H2,1H3. The van der Waals surface area contributed by atoms with E-state index in [0.29, 0.717) is 11.4 Å². The van der Waals surface area contributed by atoms with Crippen molar-refractivity contribution in [3.05, 3.63) is 23.9 Å². The fraction of sp³-hybridized carbons (Fsp3) is 0.545. The van der Waals surface area contributed by atoms with Gasteiger partial charge in [0.15, 0.2) is 0 Å². The quantitative estimate of drug-likeness (QED) is 0.789. The van der Waals surface area contributed by atoms with E-state index >= 15 is 0 Å². The average Bonchev–Trinajstić information content (AvgIpc) is 2.28. The number of anilines is 1. The van der Waals surface area contributed by atoms with Crippen LogP contribution in [0.25, 0.3) is 0 Å². The Morgan fingerprint density at radius 2 is 2.24 bits per heavy atom. The second kappa shape index (κ2) is 6.46. The molecule has 0 bridgehead atoms. The Balaban J connectivity index is 2.99. The van der Waals surface area contributed by atoms with Crippen LogP contribution in [-0.4, -0.2) is 36.2 Å². The Hall–Kier alpha value is -1.27. The van der Waals surface area contributed by atoms with Crippen molar-refractivity contribution in [2.75, 3.05) is 24.6 Å². The van der Waals surface area contributed by atoms with Crippen LogP contribution in [0.15, 0.2) is 18.3 Å². The number of nitrogens with zero attached hydrogens (tertiary/aromatic N) is 2. The topological polar surface area (TPSA) is 62.4 Å². The lowest BCUT2D eigenvalue weighted by atomic mass is 10.1. The van der Waals surface area contributed by atoms with Crippen molar-refractivity contribution in [1.82, 2.24) is 4.98 Å². The summed E-state index contributed by atoms with van der Waals surface area (Å²) in [4.78, 5) is 5.42. The van der Waals surface area contributed by atoms with Gasteiger partial charge in [0.2, 0.25) is 0 Å². The van der Waals surface area contributed by atoms with Crippen LogP contribution in [0.4, 0.5) is 14.6 Å². The molecule has 1 aromatic heterocycles. The summed E-state index contributed by atoms with van der Waals surface area (Å²) in [7, 11) is 0. The second-order valence-corrected chi connectivity index (χ2v) is 3.77. The van der Waals surface area contributed by atoms with Crippen LogP contribution in [0, 0.1) is 0 Å². The summed E-state index contributed by atoms with van der Waals surface area (Å²) in [6, 6.07) is 3.17. The molecule has 0 spiro atoms. The molecule has 0 fully saturated rings. The van der Waals surface area contributed by atoms with Gasteiger partial charge in [-0.2, -0.15) is 0 Å². The molecule has 0 aliphatic carbocycles. The number of rotatable bonds is 6. The number of hydrogen-bond donors (Lipinski definition) is 2. The summed E-state index contributed by atoms with van der Waals surface area (Å²) in [5, 5.41) is 8.89. The maximum atomic E-state index is 12.4. The van der Waals surface area contributed by atoms with Crippen LogP contribution in [0.1, 0.15) is 18.5 Å². The molecule has 1 heterocycles. The number of halogens is 2. The summed E-state index contributed by atoms with van der Waals surface area (Å²) in [5.41, 5.74) is 6.46. The van der Waals surface area contributed by atoms with Crippen molar-refractivity contribution in [2.24, 2.45) is 5.73 Å². The lowest BCUT2D eigenvalue weighted by Gasteiger charge is -2.25. The van der Waals surface area contributed by atoms with Gasteiger partial charge in [-0.3, -0.25) is 0 Å². The van der Waals surface area contributed by atoms with Gasteiger partial charge < -0.3 is 15.7 Å². The van der Waals surface area contributed by atoms with Gasteiger partial charge in [0.1, 0.15) is 5.82 Å². The van der Waals surface area contributed by atoms with Gasteiger partial charge in [-0.15, -0.1) is 0 Å². The Labute approximate surface area is 99.1 Å². The first-order valence-electron chi connectivity index (χ1n) is 5.40. The first-order valence-corrected chi connectivity index (χ1v) is 5.40. The molecule has 0 amide bonds. The second-order valence-electron chi connectivity index (χ2n) is 3.77. The summed E-state index contributed by atoms with van der Waals surface area (Å²) in [6.07, 6.45) is -0.957. The molecule has 0 aromatic carbocycles. The van der Waals surface area contributed by atoms with Crippen LogP contribution >= 0.6 is 0 Å². The lowest BCUT2D eigenvalue weighted by molar-refractivity contribution is 0.152. The van der Waals surface area contributed by atoms with Gasteiger partial charge in [-0.25, -0.2) is 13.8 Å². The molecule has 0 saturated heterocycles. The van der Waals surface area contributed by atoms with Crippen molar-refractivity contribution in [2.45, 2.75) is 19.4 Å². The van der Waals surface area contributed by atoms with Gasteiger partial charge in [-0.1, -0.05) is 6.07 Å². The van der Waals surface area contributed by atoms with E-state index in [1.54, 1.807) is 19.1 Å². The number of hydrogen-bond acceptors (Lipinski definition) is 4. The van der Waals surface area contributed by atoms with E-state index in [0.717, 1.165) is 0 Å². The number of alkyl halides is 2. The zero-order valence-corrected chi connectivity index (χ0v) is 9.68. The van der Waals surface area contributed by atoms with Crippen molar-refractivity contribution < 1.29 is 13.9 Å². The minimum absolute atomic E-state index is 0.112. The number of aromatic nitrogens is 1. The first-order chi connectivity index (χ1) is 8.06. The minimum atomic E-state index is -2.48. The van der Waals surface area contributed by atoms with Gasteiger partial charge in [0.25, 0.3) is 6.43 Å². The largest absolute Gasteiger partial charge is 0.395 e. The van der Waals surface area contributed by atoms with Crippen molar-refractivity contribution in [1.29, 1.82) is 0 Å². The molecule has 6 heteroatoms. The predicted molar refractivity (Wildman–Crippen MR) is 62.1 cm³/mol. The van der Waals surface area contributed by atoms with Crippen LogP contribution in [0.2, 0.25) is 0 Å². The normalized spacial score (nSPS) is 12.8. The SMILES string of the molecule is CC(N)c1cccnc1N(CCO)CC(F)F. The maximum Gasteiger partial charge on any atom is 0.255 e. The van der Waals surface area contributed by atoms with Crippen molar-refractivity contribution in [3.8, 4) is 0 Å². The zero-order chi connectivity index (χ0) is 12.8. The molecule has 1 aromatic rings. The first kappa shape index (κ1) is 13.8. The fourth-order valence-electron chi connectivity index (χ4n) is 1.60. The number of aliphatic hydroxyl groups excluding tert-OH is 1. The maximum absolute atomic E-state index is 12.4. The van der Waals surface area contributed by atoms with E-state index in [4.69, 9.17) is 10.8 Å². The van der Waals surface area contributed by atoms with Crippen LogP contribution in [-0.2, 0) is 0 Å². The van der Waals surface area contributed by atoms with Gasteiger partial charge in [-0.05, 0) is 13.0 Å². The highest BCUT2D eigenvalue weighted by Crippen LogP contribution is 2.22. The van der Waals surface area contributed by atoms with Crippen molar-refractivity contribution in [3.63, 3.8) is 0 Å². The molecule has 3 N–H and O–H groups in total. The number of nitrogens with two attached hydrogens (primary N) is 1. The van der Waals surface area contributed by atoms with E-state index in [1.807, 2.05) is 0 Å². The third-order valence-corrected chi connectivity index (χ3v) is 2.34. The molecule has 17 heavy (non-hydrogen) atoms. The molecular formula is C11H17F2N3O. The Kier molecular flexibility index (Phi) is 5.24. The van der Waals surface area contributed by atoms with Crippen LogP contribution < -0.4 is 10.6 Å². The lowest BCUT2D eigenvalue weighted by Crippen LogP contribution is -2.33. The van der Waals surface area contributed by atoms with E-state index in [9.17, 15) is 8.78 Å². The summed E-state index contributed by atoms with van der Waals surface area (Å²) in [5.74, 6) is 0.414. The summed E-state index contributed by atoms with van der Waals surface area (Å²) in [6.45, 7) is 1.21. The fourth-order valence-corrected chi connectivity index (χ4v) is 1.60. The Morgan fingerprint density at radius 1 is 1.53 bits per heavy atom. The predicted octanol–water partition coefficient (Wildman–Crippen LogP) is 1.17. The molecule has 1 unspecified atom stereocenters. The molecule has 0 radical (unpaired) electrons. The molecule has 1 rings (SSSR count). The summed E-state index contributed by atoms with van der Waals surface area (Å²) >= 11 is 0. The summed E-state index contributed by atoms with van der Waals surface area (Å²) < 4.78 is 24.9. The van der Waals surface area contributed by atoms with Gasteiger partial charge in [0.05, 0.1) is 13.2 Å². The third kappa shape index (κ3) is 3.90. The zero-order valence-electron chi connectivity index (χ0n) is 9.68. The third-order valence-electron chi connectivity index (χ3n) is 2.34. The van der Waals surface area contributed by atoms with Crippen LogP contribution in [0.5, 0.6) is 0 Å². The molecule has 0 saturated carbocycles. The highest BCUT2D eigenvalue weighted by atomic mass is 19.3. The van der Waals surface area contributed by atoms with E-state index in [2.05, 4.69) is 4.98 Å². The number of aliphatic hydroxyl groups is 1. The van der Waals surface area contributed by atoms with E-state index in [-0.39, 0.29) is 19.2 Å². The smallest absolute Gasteiger partial charge is 0.255 e. The Bertz CT molecular complexity index is 347. The molecular weight excluding hydrogens is 228 g/mol. The van der Waals surface area contributed by atoms with Gasteiger partial charge in [0, 0.05) is 24.3 Å². The van der Waals surface area contributed by atoms with Gasteiger partial charge >= 0.3 is 0 Å². The highest BCUT2D eigenvalue weighted by molar-refractivity contribution is 5.48. The Morgan fingerprint density at radius 3 is 2.76 bits per heavy atom. The van der Waals surface area contributed by atoms with E-state index in [1.165, 1.54) is 11.1 Å². The highest BCUT2D eigenvalue weighted by Gasteiger charge is 2.18. The molecule has 96 valence electrons. The number of pyridine rings is 1. The minimum Gasteiger partial charge on any atom is -0.395 e. The molecule has 0 aliphatic heterocycles. The van der Waals surface area contributed by atoms with Crippen LogP contribution in [0.3, 0.4) is 0 Å². The monoisotopic (exact) mass is 245 g/mol. The average molecular weight is 245 g/mol.